The van der Waals surface area contributed by atoms with Gasteiger partial charge >= 0.3 is 6.03 Å². The first-order chi connectivity index (χ1) is 18.0. The highest BCUT2D eigenvalue weighted by Crippen LogP contribution is 2.19. The number of aryl methyl sites for hydroxylation is 1. The summed E-state index contributed by atoms with van der Waals surface area (Å²) in [4.78, 5) is 32.6. The molecule has 4 rings (SSSR count). The van der Waals surface area contributed by atoms with E-state index in [0.29, 0.717) is 26.2 Å². The highest BCUT2D eigenvalue weighted by molar-refractivity contribution is 7.12. The smallest absolute Gasteiger partial charge is 0.321 e. The average molecular weight is 519 g/mol. The standard InChI is InChI=1S/C29H34N4O3S/c1-23-11-13-25(14-12-23)30-29(35)33-20-17-31(18-21-33)16-19-32(28(34)27-10-6-22-37-27)15-5-8-24-7-3-4-9-26(24)36-2/h3-14,22H,15-21H2,1-2H3,(H,30,35)/b8-5+. The summed E-state index contributed by atoms with van der Waals surface area (Å²) in [5.74, 6) is 0.843. The van der Waals surface area contributed by atoms with Crippen molar-refractivity contribution < 1.29 is 14.3 Å². The molecule has 2 heterocycles. The summed E-state index contributed by atoms with van der Waals surface area (Å²) >= 11 is 1.46. The molecule has 3 aromatic rings. The molecule has 1 aliphatic rings. The number of anilines is 1. The maximum Gasteiger partial charge on any atom is 0.321 e. The Labute approximate surface area is 223 Å². The summed E-state index contributed by atoms with van der Waals surface area (Å²) < 4.78 is 5.43. The molecule has 0 saturated carbocycles. The Balaban J connectivity index is 1.30. The highest BCUT2D eigenvalue weighted by atomic mass is 32.1. The van der Waals surface area contributed by atoms with Crippen molar-refractivity contribution in [2.45, 2.75) is 6.92 Å². The molecule has 8 heteroatoms. The van der Waals surface area contributed by atoms with Crippen molar-refractivity contribution >= 4 is 35.0 Å². The van der Waals surface area contributed by atoms with E-state index in [1.165, 1.54) is 11.3 Å². The van der Waals surface area contributed by atoms with Crippen molar-refractivity contribution in [3.05, 3.63) is 88.1 Å². The molecule has 1 aromatic heterocycles. The summed E-state index contributed by atoms with van der Waals surface area (Å²) in [5, 5.41) is 4.91. The first-order valence-electron chi connectivity index (χ1n) is 12.5. The lowest BCUT2D eigenvalue weighted by Crippen LogP contribution is -2.51. The lowest BCUT2D eigenvalue weighted by Gasteiger charge is -2.35. The van der Waals surface area contributed by atoms with Gasteiger partial charge in [0.15, 0.2) is 0 Å². The second kappa shape index (κ2) is 13.1. The summed E-state index contributed by atoms with van der Waals surface area (Å²) in [6, 6.07) is 19.4. The van der Waals surface area contributed by atoms with E-state index >= 15 is 0 Å². The topological polar surface area (TPSA) is 65.1 Å². The van der Waals surface area contributed by atoms with Gasteiger partial charge in [0.2, 0.25) is 0 Å². The fraction of sp³-hybridized carbons (Fsp3) is 0.310. The number of urea groups is 1. The number of hydrogen-bond acceptors (Lipinski definition) is 5. The Morgan fingerprint density at radius 2 is 1.78 bits per heavy atom. The van der Waals surface area contributed by atoms with Crippen molar-refractivity contribution in [3.8, 4) is 5.75 Å². The van der Waals surface area contributed by atoms with E-state index in [1.54, 1.807) is 7.11 Å². The van der Waals surface area contributed by atoms with Crippen molar-refractivity contribution in [2.24, 2.45) is 0 Å². The van der Waals surface area contributed by atoms with E-state index in [9.17, 15) is 9.59 Å². The van der Waals surface area contributed by atoms with Crippen LogP contribution in [0.3, 0.4) is 0 Å². The Bertz CT molecular complexity index is 1190. The predicted molar refractivity (Wildman–Crippen MR) is 150 cm³/mol. The Hall–Kier alpha value is -3.62. The SMILES string of the molecule is COc1ccccc1/C=C/CN(CCN1CCN(C(=O)Nc2ccc(C)cc2)CC1)C(=O)c1cccs1. The van der Waals surface area contributed by atoms with Gasteiger partial charge in [0, 0.05) is 57.1 Å². The lowest BCUT2D eigenvalue weighted by molar-refractivity contribution is 0.0744. The predicted octanol–water partition coefficient (Wildman–Crippen LogP) is 5.07. The molecule has 2 aromatic carbocycles. The second-order valence-corrected chi connectivity index (χ2v) is 9.95. The average Bonchev–Trinajstić information content (AvgIpc) is 3.47. The number of piperazine rings is 1. The maximum absolute atomic E-state index is 13.2. The molecule has 37 heavy (non-hydrogen) atoms. The van der Waals surface area contributed by atoms with Crippen LogP contribution in [0.15, 0.2) is 72.1 Å². The van der Waals surface area contributed by atoms with Crippen LogP contribution in [0.5, 0.6) is 5.75 Å². The van der Waals surface area contributed by atoms with Crippen LogP contribution in [0.2, 0.25) is 0 Å². The van der Waals surface area contributed by atoms with Gasteiger partial charge in [-0.1, -0.05) is 54.1 Å². The van der Waals surface area contributed by atoms with E-state index in [2.05, 4.69) is 10.2 Å². The van der Waals surface area contributed by atoms with Gasteiger partial charge < -0.3 is 19.9 Å². The van der Waals surface area contributed by atoms with Gasteiger partial charge in [0.05, 0.1) is 12.0 Å². The first kappa shape index (κ1) is 26.4. The quantitative estimate of drug-likeness (QED) is 0.430. The van der Waals surface area contributed by atoms with Crippen LogP contribution in [0.4, 0.5) is 10.5 Å². The third-order valence-corrected chi connectivity index (χ3v) is 7.29. The normalized spacial score (nSPS) is 14.1. The fourth-order valence-electron chi connectivity index (χ4n) is 4.22. The Morgan fingerprint density at radius 3 is 2.49 bits per heavy atom. The highest BCUT2D eigenvalue weighted by Gasteiger charge is 2.23. The maximum atomic E-state index is 13.2. The van der Waals surface area contributed by atoms with Gasteiger partial charge in [-0.25, -0.2) is 4.79 Å². The van der Waals surface area contributed by atoms with Crippen LogP contribution in [0.25, 0.3) is 6.08 Å². The zero-order chi connectivity index (χ0) is 26.0. The molecule has 0 atom stereocenters. The van der Waals surface area contributed by atoms with E-state index in [1.807, 2.05) is 94.9 Å². The van der Waals surface area contributed by atoms with Crippen LogP contribution in [-0.4, -0.2) is 79.6 Å². The molecule has 0 unspecified atom stereocenters. The molecule has 0 aliphatic carbocycles. The first-order valence-corrected chi connectivity index (χ1v) is 13.4. The number of nitrogens with zero attached hydrogens (tertiary/aromatic N) is 3. The zero-order valence-electron chi connectivity index (χ0n) is 21.4. The van der Waals surface area contributed by atoms with E-state index in [0.717, 1.165) is 47.1 Å². The summed E-state index contributed by atoms with van der Waals surface area (Å²) in [7, 11) is 1.66. The number of para-hydroxylation sites is 1. The van der Waals surface area contributed by atoms with Crippen LogP contribution < -0.4 is 10.1 Å². The van der Waals surface area contributed by atoms with Crippen molar-refractivity contribution in [3.63, 3.8) is 0 Å². The van der Waals surface area contributed by atoms with E-state index in [-0.39, 0.29) is 11.9 Å². The molecular weight excluding hydrogens is 484 g/mol. The molecule has 0 radical (unpaired) electrons. The third-order valence-electron chi connectivity index (χ3n) is 6.43. The van der Waals surface area contributed by atoms with Gasteiger partial charge in [-0.2, -0.15) is 0 Å². The van der Waals surface area contributed by atoms with Crippen molar-refractivity contribution in [2.75, 3.05) is 58.2 Å². The zero-order valence-corrected chi connectivity index (χ0v) is 22.2. The molecule has 1 fully saturated rings. The van der Waals surface area contributed by atoms with Gasteiger partial charge in [0.1, 0.15) is 5.75 Å². The van der Waals surface area contributed by atoms with Crippen LogP contribution in [0.1, 0.15) is 20.8 Å². The van der Waals surface area contributed by atoms with Crippen LogP contribution in [-0.2, 0) is 0 Å². The molecule has 194 valence electrons. The number of nitrogens with one attached hydrogen (secondary N) is 1. The van der Waals surface area contributed by atoms with E-state index < -0.39 is 0 Å². The number of thiophene rings is 1. The third kappa shape index (κ3) is 7.44. The number of carbonyl (C=O) groups is 2. The largest absolute Gasteiger partial charge is 0.496 e. The van der Waals surface area contributed by atoms with Gasteiger partial charge in [0.25, 0.3) is 5.91 Å². The van der Waals surface area contributed by atoms with Crippen molar-refractivity contribution in [1.82, 2.24) is 14.7 Å². The Kier molecular flexibility index (Phi) is 9.35. The van der Waals surface area contributed by atoms with Crippen LogP contribution >= 0.6 is 11.3 Å². The molecular formula is C29H34N4O3S. The lowest BCUT2D eigenvalue weighted by atomic mass is 10.2. The van der Waals surface area contributed by atoms with Crippen molar-refractivity contribution in [1.29, 1.82) is 0 Å². The minimum Gasteiger partial charge on any atom is -0.496 e. The molecule has 1 N–H and O–H groups in total. The second-order valence-electron chi connectivity index (χ2n) is 9.00. The number of ether oxygens (including phenoxy) is 1. The van der Waals surface area contributed by atoms with E-state index in [4.69, 9.17) is 4.74 Å². The molecule has 1 aliphatic heterocycles. The number of methoxy groups -OCH3 is 1. The summed E-state index contributed by atoms with van der Waals surface area (Å²) in [5.41, 5.74) is 2.95. The fourth-order valence-corrected chi connectivity index (χ4v) is 4.91. The van der Waals surface area contributed by atoms with Crippen LogP contribution in [0, 0.1) is 6.92 Å². The minimum atomic E-state index is -0.0699. The molecule has 0 bridgehead atoms. The number of benzene rings is 2. The number of carbonyl (C=O) groups excluding carboxylic acids is 2. The summed E-state index contributed by atoms with van der Waals surface area (Å²) in [6.45, 7) is 6.77. The minimum absolute atomic E-state index is 0.0378. The van der Waals surface area contributed by atoms with Gasteiger partial charge in [-0.15, -0.1) is 11.3 Å². The number of rotatable bonds is 9. The van der Waals surface area contributed by atoms with Gasteiger partial charge in [-0.3, -0.25) is 9.69 Å². The molecule has 0 spiro atoms. The monoisotopic (exact) mass is 518 g/mol. The van der Waals surface area contributed by atoms with Gasteiger partial charge in [-0.05, 0) is 36.6 Å². The molecule has 1 saturated heterocycles. The Morgan fingerprint density at radius 1 is 1.03 bits per heavy atom. The number of hydrogen-bond donors (Lipinski definition) is 1. The molecule has 3 amide bonds. The number of amides is 3. The molecule has 7 nitrogen and oxygen atoms in total. The summed E-state index contributed by atoms with van der Waals surface area (Å²) in [6.07, 6.45) is 4.01.